The third-order valence-corrected chi connectivity index (χ3v) is 5.62. The molecule has 1 aliphatic heterocycles. The van der Waals surface area contributed by atoms with Crippen LogP contribution in [0.2, 0.25) is 0 Å². The van der Waals surface area contributed by atoms with E-state index in [1.54, 1.807) is 36.6 Å². The predicted molar refractivity (Wildman–Crippen MR) is 113 cm³/mol. The number of benzene rings is 1. The van der Waals surface area contributed by atoms with E-state index in [1.807, 2.05) is 11.9 Å². The first-order chi connectivity index (χ1) is 13.7. The Morgan fingerprint density at radius 3 is 2.89 bits per heavy atom. The minimum atomic E-state index is -0.343. The van der Waals surface area contributed by atoms with E-state index >= 15 is 0 Å². The molecule has 6 nitrogen and oxygen atoms in total. The van der Waals surface area contributed by atoms with Gasteiger partial charge in [0.2, 0.25) is 0 Å². The minimum absolute atomic E-state index is 0.274. The maximum absolute atomic E-state index is 13.6. The molecule has 0 saturated carbocycles. The van der Waals surface area contributed by atoms with Gasteiger partial charge in [-0.15, -0.1) is 11.3 Å². The molecule has 1 saturated heterocycles. The normalized spacial score (nSPS) is 14.4. The number of aromatic nitrogens is 1. The average Bonchev–Trinajstić information content (AvgIpc) is 3.38. The number of anilines is 1. The number of halogens is 1. The third kappa shape index (κ3) is 5.58. The predicted octanol–water partition coefficient (Wildman–Crippen LogP) is 3.01. The molecule has 1 aliphatic rings. The van der Waals surface area contributed by atoms with Gasteiger partial charge in [-0.05, 0) is 25.0 Å². The number of para-hydroxylation sites is 1. The molecule has 2 heterocycles. The van der Waals surface area contributed by atoms with Crippen LogP contribution >= 0.6 is 11.3 Å². The van der Waals surface area contributed by atoms with Gasteiger partial charge in [0.05, 0.1) is 12.2 Å². The van der Waals surface area contributed by atoms with E-state index in [4.69, 9.17) is 9.72 Å². The Bertz CT molecular complexity index is 775. The molecule has 0 spiro atoms. The van der Waals surface area contributed by atoms with Crippen LogP contribution in [0, 0.1) is 5.82 Å². The van der Waals surface area contributed by atoms with Crippen molar-refractivity contribution < 1.29 is 9.13 Å². The van der Waals surface area contributed by atoms with Crippen LogP contribution in [-0.2, 0) is 6.42 Å². The van der Waals surface area contributed by atoms with E-state index in [0.29, 0.717) is 13.2 Å². The van der Waals surface area contributed by atoms with Crippen LogP contribution in [0.25, 0.3) is 0 Å². The fourth-order valence-corrected chi connectivity index (χ4v) is 4.03. The van der Waals surface area contributed by atoms with E-state index in [0.717, 1.165) is 42.8 Å². The fourth-order valence-electron chi connectivity index (χ4n) is 3.11. The van der Waals surface area contributed by atoms with Crippen molar-refractivity contribution in [3.63, 3.8) is 0 Å². The topological polar surface area (TPSA) is 53.0 Å². The second-order valence-electron chi connectivity index (χ2n) is 6.74. The first-order valence-corrected chi connectivity index (χ1v) is 10.5. The van der Waals surface area contributed by atoms with Crippen molar-refractivity contribution in [1.29, 1.82) is 0 Å². The zero-order chi connectivity index (χ0) is 19.8. The number of nitrogens with one attached hydrogen (secondary N) is 1. The highest BCUT2D eigenvalue weighted by Crippen LogP contribution is 2.24. The third-order valence-electron chi connectivity index (χ3n) is 4.67. The molecule has 0 unspecified atom stereocenters. The molecule has 28 heavy (non-hydrogen) atoms. The molecule has 0 atom stereocenters. The summed E-state index contributed by atoms with van der Waals surface area (Å²) in [6.45, 7) is 3.98. The lowest BCUT2D eigenvalue weighted by Gasteiger charge is -2.22. The number of nitrogens with zero attached hydrogens (tertiary/aromatic N) is 4. The van der Waals surface area contributed by atoms with Crippen molar-refractivity contribution in [2.75, 3.05) is 51.8 Å². The number of likely N-dealkylation sites (N-methyl/N-ethyl adjacent to an activating group) is 1. The van der Waals surface area contributed by atoms with Crippen LogP contribution in [-0.4, -0.2) is 62.7 Å². The number of hydrogen-bond donors (Lipinski definition) is 1. The standard InChI is InChI=1S/C20H28FN5OS/c1-22-19(25(2)13-14-27-18-8-4-3-7-17(18)21)23-10-9-16-15-28-20(24-16)26-11-5-6-12-26/h3-4,7-8,15H,5-6,9-14H2,1-2H3,(H,22,23). The summed E-state index contributed by atoms with van der Waals surface area (Å²) in [4.78, 5) is 13.4. The number of thiazole rings is 1. The van der Waals surface area contributed by atoms with Gasteiger partial charge in [-0.2, -0.15) is 0 Å². The number of hydrogen-bond acceptors (Lipinski definition) is 5. The summed E-state index contributed by atoms with van der Waals surface area (Å²) in [6, 6.07) is 6.44. The van der Waals surface area contributed by atoms with Crippen LogP contribution in [0.5, 0.6) is 5.75 Å². The summed E-state index contributed by atoms with van der Waals surface area (Å²) in [5.41, 5.74) is 1.11. The molecule has 0 bridgehead atoms. The SMILES string of the molecule is CN=C(NCCc1csc(N2CCCC2)n1)N(C)CCOc1ccccc1F. The number of aliphatic imine (C=N–C) groups is 1. The molecular formula is C20H28FN5OS. The lowest BCUT2D eigenvalue weighted by atomic mass is 10.3. The van der Waals surface area contributed by atoms with Crippen molar-refractivity contribution in [2.24, 2.45) is 4.99 Å². The summed E-state index contributed by atoms with van der Waals surface area (Å²) < 4.78 is 19.1. The summed E-state index contributed by atoms with van der Waals surface area (Å²) in [6.07, 6.45) is 3.38. The Morgan fingerprint density at radius 2 is 2.14 bits per heavy atom. The molecule has 1 fully saturated rings. The zero-order valence-corrected chi connectivity index (χ0v) is 17.3. The summed E-state index contributed by atoms with van der Waals surface area (Å²) in [7, 11) is 3.69. The zero-order valence-electron chi connectivity index (χ0n) is 16.5. The molecule has 0 amide bonds. The van der Waals surface area contributed by atoms with Gasteiger partial charge >= 0.3 is 0 Å². The number of ether oxygens (including phenoxy) is 1. The molecule has 3 rings (SSSR count). The fraction of sp³-hybridized carbons (Fsp3) is 0.500. The van der Waals surface area contributed by atoms with Gasteiger partial charge in [-0.25, -0.2) is 9.37 Å². The van der Waals surface area contributed by atoms with Crippen LogP contribution < -0.4 is 15.0 Å². The van der Waals surface area contributed by atoms with Gasteiger partial charge in [0.1, 0.15) is 6.61 Å². The highest BCUT2D eigenvalue weighted by atomic mass is 32.1. The maximum Gasteiger partial charge on any atom is 0.193 e. The van der Waals surface area contributed by atoms with E-state index in [2.05, 4.69) is 20.6 Å². The Morgan fingerprint density at radius 1 is 1.36 bits per heavy atom. The van der Waals surface area contributed by atoms with Crippen LogP contribution in [0.4, 0.5) is 9.52 Å². The molecule has 0 aliphatic carbocycles. The second-order valence-corrected chi connectivity index (χ2v) is 7.58. The number of rotatable bonds is 8. The van der Waals surface area contributed by atoms with Crippen LogP contribution in [0.3, 0.4) is 0 Å². The smallest absolute Gasteiger partial charge is 0.193 e. The average molecular weight is 406 g/mol. The van der Waals surface area contributed by atoms with E-state index in [9.17, 15) is 4.39 Å². The number of guanidine groups is 1. The monoisotopic (exact) mass is 405 g/mol. The van der Waals surface area contributed by atoms with E-state index in [-0.39, 0.29) is 11.6 Å². The summed E-state index contributed by atoms with van der Waals surface area (Å²) in [5.74, 6) is 0.715. The first kappa shape index (κ1) is 20.4. The Labute approximate surface area is 170 Å². The van der Waals surface area contributed by atoms with E-state index < -0.39 is 0 Å². The van der Waals surface area contributed by atoms with Gasteiger partial charge in [0, 0.05) is 45.5 Å². The van der Waals surface area contributed by atoms with Crippen molar-refractivity contribution in [2.45, 2.75) is 19.3 Å². The molecule has 8 heteroatoms. The van der Waals surface area contributed by atoms with E-state index in [1.165, 1.54) is 18.9 Å². The van der Waals surface area contributed by atoms with Crippen molar-refractivity contribution in [1.82, 2.24) is 15.2 Å². The molecule has 1 N–H and O–H groups in total. The Hall–Kier alpha value is -2.35. The first-order valence-electron chi connectivity index (χ1n) is 9.66. The van der Waals surface area contributed by atoms with Crippen molar-refractivity contribution in [3.05, 3.63) is 41.2 Å². The van der Waals surface area contributed by atoms with Gasteiger partial charge in [-0.1, -0.05) is 12.1 Å². The highest BCUT2D eigenvalue weighted by Gasteiger charge is 2.15. The lowest BCUT2D eigenvalue weighted by Crippen LogP contribution is -2.41. The molecule has 0 radical (unpaired) electrons. The molecule has 2 aromatic rings. The van der Waals surface area contributed by atoms with Gasteiger partial charge in [-0.3, -0.25) is 4.99 Å². The van der Waals surface area contributed by atoms with Crippen molar-refractivity contribution in [3.8, 4) is 5.75 Å². The van der Waals surface area contributed by atoms with Crippen LogP contribution in [0.15, 0.2) is 34.6 Å². The molecule has 1 aromatic carbocycles. The van der Waals surface area contributed by atoms with Gasteiger partial charge < -0.3 is 19.9 Å². The second kappa shape index (κ2) is 10.3. The van der Waals surface area contributed by atoms with Crippen molar-refractivity contribution >= 4 is 22.4 Å². The molecule has 1 aromatic heterocycles. The minimum Gasteiger partial charge on any atom is -0.489 e. The summed E-state index contributed by atoms with van der Waals surface area (Å²) >= 11 is 1.73. The lowest BCUT2D eigenvalue weighted by molar-refractivity contribution is 0.270. The highest BCUT2D eigenvalue weighted by molar-refractivity contribution is 7.13. The molecule has 152 valence electrons. The quantitative estimate of drug-likeness (QED) is 0.541. The maximum atomic E-state index is 13.6. The Kier molecular flexibility index (Phi) is 7.47. The Balaban J connectivity index is 1.39. The van der Waals surface area contributed by atoms with Gasteiger partial charge in [0.15, 0.2) is 22.7 Å². The summed E-state index contributed by atoms with van der Waals surface area (Å²) in [5, 5.41) is 6.63. The van der Waals surface area contributed by atoms with Crippen LogP contribution in [0.1, 0.15) is 18.5 Å². The largest absolute Gasteiger partial charge is 0.489 e. The molecular weight excluding hydrogens is 377 g/mol. The van der Waals surface area contributed by atoms with Gasteiger partial charge in [0.25, 0.3) is 0 Å².